The molecule has 31 heavy (non-hydrogen) atoms. The molecule has 0 aliphatic heterocycles. The minimum Gasteiger partial charge on any atom is -0.465 e. The van der Waals surface area contributed by atoms with Gasteiger partial charge in [0, 0.05) is 25.9 Å². The Hall–Kier alpha value is -3.92. The maximum absolute atomic E-state index is 12.1. The number of hydrogen-bond acceptors (Lipinski definition) is 7. The first-order valence-corrected chi connectivity index (χ1v) is 10.0. The van der Waals surface area contributed by atoms with Gasteiger partial charge in [0.05, 0.1) is 12.7 Å². The zero-order valence-corrected chi connectivity index (χ0v) is 17.6. The molecule has 3 amide bonds. The van der Waals surface area contributed by atoms with Gasteiger partial charge in [-0.05, 0) is 35.2 Å². The first-order chi connectivity index (χ1) is 15.0. The van der Waals surface area contributed by atoms with E-state index >= 15 is 0 Å². The summed E-state index contributed by atoms with van der Waals surface area (Å²) < 4.78 is 10.4. The van der Waals surface area contributed by atoms with Crippen molar-refractivity contribution in [3.63, 3.8) is 0 Å². The number of esters is 1. The first kappa shape index (κ1) is 21.8. The summed E-state index contributed by atoms with van der Waals surface area (Å²) in [7, 11) is 2.82. The van der Waals surface area contributed by atoms with Crippen LogP contribution in [0.25, 0.3) is 0 Å². The molecule has 0 spiro atoms. The number of rotatable bonds is 7. The molecule has 0 aliphatic carbocycles. The monoisotopic (exact) mass is 440 g/mol. The normalized spacial score (nSPS) is 10.1. The van der Waals surface area contributed by atoms with Crippen LogP contribution in [0.2, 0.25) is 0 Å². The molecule has 10 heteroatoms. The van der Waals surface area contributed by atoms with Crippen LogP contribution in [-0.4, -0.2) is 37.0 Å². The average Bonchev–Trinajstić information content (AvgIpc) is 3.25. The summed E-state index contributed by atoms with van der Waals surface area (Å²) in [5.41, 5.74) is 1.41. The molecule has 0 saturated carbocycles. The van der Waals surface area contributed by atoms with Crippen molar-refractivity contribution < 1.29 is 23.9 Å². The number of methoxy groups -OCH3 is 1. The van der Waals surface area contributed by atoms with E-state index in [0.717, 1.165) is 5.56 Å². The van der Waals surface area contributed by atoms with E-state index in [9.17, 15) is 14.4 Å². The van der Waals surface area contributed by atoms with E-state index in [2.05, 4.69) is 25.7 Å². The summed E-state index contributed by atoms with van der Waals surface area (Å²) in [6, 6.07) is 11.5. The van der Waals surface area contributed by atoms with E-state index in [1.807, 2.05) is 12.1 Å². The number of amides is 3. The lowest BCUT2D eigenvalue weighted by atomic mass is 10.2. The molecule has 0 atom stereocenters. The van der Waals surface area contributed by atoms with Crippen LogP contribution < -0.4 is 20.7 Å². The van der Waals surface area contributed by atoms with Crippen molar-refractivity contribution in [3.05, 3.63) is 70.9 Å². The van der Waals surface area contributed by atoms with Gasteiger partial charge in [0.1, 0.15) is 22.2 Å². The van der Waals surface area contributed by atoms with Crippen molar-refractivity contribution in [1.82, 2.24) is 15.6 Å². The van der Waals surface area contributed by atoms with Crippen LogP contribution in [0.1, 0.15) is 26.4 Å². The second-order valence-corrected chi connectivity index (χ2v) is 7.08. The third kappa shape index (κ3) is 5.80. The highest BCUT2D eigenvalue weighted by Crippen LogP contribution is 2.24. The van der Waals surface area contributed by atoms with E-state index in [-0.39, 0.29) is 18.1 Å². The lowest BCUT2D eigenvalue weighted by Gasteiger charge is -2.09. The first-order valence-electron chi connectivity index (χ1n) is 9.15. The molecule has 0 fully saturated rings. The molecule has 160 valence electrons. The Morgan fingerprint density at radius 3 is 2.55 bits per heavy atom. The van der Waals surface area contributed by atoms with E-state index in [1.165, 1.54) is 31.7 Å². The molecule has 3 rings (SSSR count). The maximum atomic E-state index is 12.1. The van der Waals surface area contributed by atoms with Crippen LogP contribution >= 0.6 is 11.3 Å². The summed E-state index contributed by atoms with van der Waals surface area (Å²) >= 11 is 1.23. The van der Waals surface area contributed by atoms with Crippen molar-refractivity contribution in [2.24, 2.45) is 0 Å². The van der Waals surface area contributed by atoms with Crippen LogP contribution in [0.4, 0.5) is 9.80 Å². The number of carbonyl (C=O) groups is 3. The SMILES string of the molecule is CNC(=O)c1cc(Oc2ccc(CNC(=O)Nc3sccc3C(=O)OC)cc2)ccn1. The Labute approximate surface area is 182 Å². The molecule has 2 aromatic heterocycles. The number of nitrogens with zero attached hydrogens (tertiary/aromatic N) is 1. The second-order valence-electron chi connectivity index (χ2n) is 6.16. The highest BCUT2D eigenvalue weighted by atomic mass is 32.1. The van der Waals surface area contributed by atoms with Gasteiger partial charge in [0.15, 0.2) is 0 Å². The number of hydrogen-bond donors (Lipinski definition) is 3. The number of anilines is 1. The number of carbonyl (C=O) groups excluding carboxylic acids is 3. The van der Waals surface area contributed by atoms with Crippen molar-refractivity contribution in [2.45, 2.75) is 6.54 Å². The van der Waals surface area contributed by atoms with Crippen LogP contribution in [0.15, 0.2) is 54.0 Å². The summed E-state index contributed by atoms with van der Waals surface area (Å²) in [4.78, 5) is 39.5. The average molecular weight is 440 g/mol. The Morgan fingerprint density at radius 1 is 1.06 bits per heavy atom. The van der Waals surface area contributed by atoms with Crippen molar-refractivity contribution in [3.8, 4) is 11.5 Å². The lowest BCUT2D eigenvalue weighted by molar-refractivity contribution is 0.0602. The summed E-state index contributed by atoms with van der Waals surface area (Å²) in [6.45, 7) is 0.279. The number of urea groups is 1. The smallest absolute Gasteiger partial charge is 0.340 e. The van der Waals surface area contributed by atoms with Gasteiger partial charge in [0.25, 0.3) is 5.91 Å². The van der Waals surface area contributed by atoms with Crippen LogP contribution in [-0.2, 0) is 11.3 Å². The van der Waals surface area contributed by atoms with Crippen LogP contribution in [0, 0.1) is 0 Å². The minimum absolute atomic E-state index is 0.257. The molecule has 0 saturated heterocycles. The molecule has 0 radical (unpaired) electrons. The molecule has 3 aromatic rings. The molecule has 9 nitrogen and oxygen atoms in total. The van der Waals surface area contributed by atoms with Gasteiger partial charge in [-0.15, -0.1) is 11.3 Å². The van der Waals surface area contributed by atoms with E-state index < -0.39 is 12.0 Å². The van der Waals surface area contributed by atoms with Gasteiger partial charge in [-0.25, -0.2) is 9.59 Å². The third-order valence-corrected chi connectivity index (χ3v) is 4.93. The zero-order valence-electron chi connectivity index (χ0n) is 16.8. The Kier molecular flexibility index (Phi) is 7.17. The van der Waals surface area contributed by atoms with Gasteiger partial charge in [0.2, 0.25) is 0 Å². The van der Waals surface area contributed by atoms with E-state index in [0.29, 0.717) is 22.1 Å². The Morgan fingerprint density at radius 2 is 1.84 bits per heavy atom. The fraction of sp³-hybridized carbons (Fsp3) is 0.143. The van der Waals surface area contributed by atoms with Gasteiger partial charge in [-0.1, -0.05) is 12.1 Å². The molecule has 0 unspecified atom stereocenters. The Bertz CT molecular complexity index is 1080. The maximum Gasteiger partial charge on any atom is 0.340 e. The molecule has 3 N–H and O–H groups in total. The lowest BCUT2D eigenvalue weighted by Crippen LogP contribution is -2.28. The van der Waals surface area contributed by atoms with Gasteiger partial charge < -0.3 is 20.1 Å². The third-order valence-electron chi connectivity index (χ3n) is 4.10. The predicted molar refractivity (Wildman–Crippen MR) is 116 cm³/mol. The topological polar surface area (TPSA) is 119 Å². The van der Waals surface area contributed by atoms with Gasteiger partial charge in [-0.3, -0.25) is 15.1 Å². The van der Waals surface area contributed by atoms with E-state index in [1.54, 1.807) is 35.7 Å². The summed E-state index contributed by atoms with van der Waals surface area (Å²) in [6.07, 6.45) is 1.50. The second kappa shape index (κ2) is 10.2. The number of benzene rings is 1. The standard InChI is InChI=1S/C21H20N4O5S/c1-22-18(26)17-11-15(7-9-23-17)30-14-5-3-13(4-6-14)12-24-21(28)25-19-16(8-10-31-19)20(27)29-2/h3-11H,12H2,1-2H3,(H,22,26)(H2,24,25,28). The van der Waals surface area contributed by atoms with Crippen molar-refractivity contribution >= 4 is 34.2 Å². The fourth-order valence-electron chi connectivity index (χ4n) is 2.54. The minimum atomic E-state index is -0.510. The van der Waals surface area contributed by atoms with E-state index in [4.69, 9.17) is 4.74 Å². The highest BCUT2D eigenvalue weighted by Gasteiger charge is 2.15. The number of aromatic nitrogens is 1. The number of pyridine rings is 1. The van der Waals surface area contributed by atoms with Crippen LogP contribution in [0.5, 0.6) is 11.5 Å². The number of ether oxygens (including phenoxy) is 2. The zero-order chi connectivity index (χ0) is 22.2. The highest BCUT2D eigenvalue weighted by molar-refractivity contribution is 7.14. The number of nitrogens with one attached hydrogen (secondary N) is 3. The summed E-state index contributed by atoms with van der Waals surface area (Å²) in [5, 5.41) is 9.99. The van der Waals surface area contributed by atoms with Crippen LogP contribution in [0.3, 0.4) is 0 Å². The van der Waals surface area contributed by atoms with Gasteiger partial charge in [-0.2, -0.15) is 0 Å². The van der Waals surface area contributed by atoms with Crippen molar-refractivity contribution in [1.29, 1.82) is 0 Å². The summed E-state index contributed by atoms with van der Waals surface area (Å²) in [5.74, 6) is 0.245. The largest absolute Gasteiger partial charge is 0.465 e. The molecule has 0 bridgehead atoms. The predicted octanol–water partition coefficient (Wildman–Crippen LogP) is 3.40. The molecule has 2 heterocycles. The molecular formula is C21H20N4O5S. The molecular weight excluding hydrogens is 420 g/mol. The van der Waals surface area contributed by atoms with Crippen molar-refractivity contribution in [2.75, 3.05) is 19.5 Å². The molecule has 0 aliphatic rings. The quantitative estimate of drug-likeness (QED) is 0.485. The molecule has 1 aromatic carbocycles. The fourth-order valence-corrected chi connectivity index (χ4v) is 3.31. The van der Waals surface area contributed by atoms with Gasteiger partial charge >= 0.3 is 12.0 Å². The Balaban J connectivity index is 1.54. The number of thiophene rings is 1.